The molecule has 1 atom stereocenters. The Bertz CT molecular complexity index is 526. The van der Waals surface area contributed by atoms with Crippen molar-refractivity contribution in [3.63, 3.8) is 0 Å². The number of nitrogens with one attached hydrogen (secondary N) is 2. The van der Waals surface area contributed by atoms with E-state index in [1.54, 1.807) is 12.1 Å². The minimum atomic E-state index is -0.994. The zero-order chi connectivity index (χ0) is 14.7. The van der Waals surface area contributed by atoms with Gasteiger partial charge >= 0.3 is 5.97 Å². The molecule has 0 bridgehead atoms. The summed E-state index contributed by atoms with van der Waals surface area (Å²) >= 11 is 0. The molecular weight excluding hydrogens is 256 g/mol. The fraction of sp³-hybridized carbons (Fsp3) is 0.467. The molecule has 1 amide bonds. The van der Waals surface area contributed by atoms with Gasteiger partial charge in [0, 0.05) is 17.8 Å². The maximum absolute atomic E-state index is 12.1. The molecule has 1 aliphatic rings. The summed E-state index contributed by atoms with van der Waals surface area (Å²) in [5, 5.41) is 14.9. The normalized spacial score (nSPS) is 14.6. The molecule has 1 aromatic carbocycles. The monoisotopic (exact) mass is 276 g/mol. The Balaban J connectivity index is 2.08. The quantitative estimate of drug-likeness (QED) is 0.767. The number of carbonyl (C=O) groups excluding carboxylic acids is 1. The van der Waals surface area contributed by atoms with E-state index < -0.39 is 12.0 Å². The maximum atomic E-state index is 12.1. The summed E-state index contributed by atoms with van der Waals surface area (Å²) in [6.07, 6.45) is 1.38. The second-order valence-electron chi connectivity index (χ2n) is 5.54. The van der Waals surface area contributed by atoms with E-state index in [0.717, 1.165) is 18.7 Å². The molecular formula is C15H20N2O3. The Morgan fingerprint density at radius 3 is 2.80 bits per heavy atom. The summed E-state index contributed by atoms with van der Waals surface area (Å²) in [6.45, 7) is 4.74. The number of fused-ring (bicyclic) bond motifs is 1. The number of carbonyl (C=O) groups is 2. The zero-order valence-electron chi connectivity index (χ0n) is 11.8. The zero-order valence-corrected chi connectivity index (χ0v) is 11.8. The molecule has 0 aromatic heterocycles. The largest absolute Gasteiger partial charge is 0.480 e. The van der Waals surface area contributed by atoms with Crippen LogP contribution < -0.4 is 10.6 Å². The first-order valence-electron chi connectivity index (χ1n) is 6.88. The van der Waals surface area contributed by atoms with Crippen molar-refractivity contribution in [3.8, 4) is 0 Å². The molecule has 1 aliphatic heterocycles. The van der Waals surface area contributed by atoms with Crippen LogP contribution in [0.5, 0.6) is 0 Å². The summed E-state index contributed by atoms with van der Waals surface area (Å²) in [7, 11) is 0. The van der Waals surface area contributed by atoms with Gasteiger partial charge in [0.25, 0.3) is 5.91 Å². The van der Waals surface area contributed by atoms with Crippen LogP contribution in [0.3, 0.4) is 0 Å². The Kier molecular flexibility index (Phi) is 4.27. The third kappa shape index (κ3) is 3.29. The lowest BCUT2D eigenvalue weighted by atomic mass is 10.0. The molecule has 0 spiro atoms. The summed E-state index contributed by atoms with van der Waals surface area (Å²) in [5.74, 6) is -1.13. The van der Waals surface area contributed by atoms with Crippen LogP contribution in [0.4, 0.5) is 5.69 Å². The number of amides is 1. The lowest BCUT2D eigenvalue weighted by molar-refractivity contribution is -0.139. The van der Waals surface area contributed by atoms with Gasteiger partial charge in [-0.25, -0.2) is 4.79 Å². The van der Waals surface area contributed by atoms with Gasteiger partial charge in [0.05, 0.1) is 0 Å². The van der Waals surface area contributed by atoms with Crippen LogP contribution in [-0.2, 0) is 11.2 Å². The second kappa shape index (κ2) is 5.94. The SMILES string of the molecule is CC(C)C[C@H](NC(=O)c1ccc2c(c1)NCC2)C(=O)O. The van der Waals surface area contributed by atoms with Crippen molar-refractivity contribution >= 4 is 17.6 Å². The van der Waals surface area contributed by atoms with E-state index in [-0.39, 0.29) is 11.8 Å². The lowest BCUT2D eigenvalue weighted by Crippen LogP contribution is -2.41. The van der Waals surface area contributed by atoms with Crippen molar-refractivity contribution in [1.29, 1.82) is 0 Å². The second-order valence-corrected chi connectivity index (χ2v) is 5.54. The highest BCUT2D eigenvalue weighted by Gasteiger charge is 2.22. The number of anilines is 1. The van der Waals surface area contributed by atoms with Crippen molar-refractivity contribution in [3.05, 3.63) is 29.3 Å². The standard InChI is InChI=1S/C15H20N2O3/c1-9(2)7-13(15(19)20)17-14(18)11-4-3-10-5-6-16-12(10)8-11/h3-4,8-9,13,16H,5-7H2,1-2H3,(H,17,18)(H,19,20)/t13-/m0/s1. The molecule has 0 saturated heterocycles. The van der Waals surface area contributed by atoms with E-state index in [0.29, 0.717) is 12.0 Å². The fourth-order valence-electron chi connectivity index (χ4n) is 2.37. The molecule has 0 aliphatic carbocycles. The predicted molar refractivity (Wildman–Crippen MR) is 77.0 cm³/mol. The Morgan fingerprint density at radius 2 is 2.15 bits per heavy atom. The van der Waals surface area contributed by atoms with Gasteiger partial charge < -0.3 is 15.7 Å². The molecule has 20 heavy (non-hydrogen) atoms. The summed E-state index contributed by atoms with van der Waals surface area (Å²) in [6, 6.07) is 4.60. The first kappa shape index (κ1) is 14.4. The maximum Gasteiger partial charge on any atom is 0.326 e. The summed E-state index contributed by atoms with van der Waals surface area (Å²) in [5.41, 5.74) is 2.65. The predicted octanol–water partition coefficient (Wildman–Crippen LogP) is 1.88. The third-order valence-electron chi connectivity index (χ3n) is 3.39. The van der Waals surface area contributed by atoms with Crippen molar-refractivity contribution in [2.45, 2.75) is 32.7 Å². The van der Waals surface area contributed by atoms with Gasteiger partial charge in [-0.05, 0) is 36.5 Å². The molecule has 5 nitrogen and oxygen atoms in total. The summed E-state index contributed by atoms with van der Waals surface area (Å²) in [4.78, 5) is 23.3. The minimum Gasteiger partial charge on any atom is -0.480 e. The van der Waals surface area contributed by atoms with Gasteiger partial charge in [-0.1, -0.05) is 19.9 Å². The Hall–Kier alpha value is -2.04. The molecule has 2 rings (SSSR count). The van der Waals surface area contributed by atoms with E-state index in [1.807, 2.05) is 19.9 Å². The number of rotatable bonds is 5. The highest BCUT2D eigenvalue weighted by atomic mass is 16.4. The van der Waals surface area contributed by atoms with E-state index in [1.165, 1.54) is 5.56 Å². The highest BCUT2D eigenvalue weighted by molar-refractivity contribution is 5.97. The van der Waals surface area contributed by atoms with Crippen LogP contribution in [0.1, 0.15) is 36.2 Å². The highest BCUT2D eigenvalue weighted by Crippen LogP contribution is 2.23. The van der Waals surface area contributed by atoms with Gasteiger partial charge in [-0.2, -0.15) is 0 Å². The van der Waals surface area contributed by atoms with Gasteiger partial charge in [0.2, 0.25) is 0 Å². The fourth-order valence-corrected chi connectivity index (χ4v) is 2.37. The van der Waals surface area contributed by atoms with E-state index in [2.05, 4.69) is 10.6 Å². The van der Waals surface area contributed by atoms with E-state index >= 15 is 0 Å². The van der Waals surface area contributed by atoms with Crippen LogP contribution in [0.15, 0.2) is 18.2 Å². The van der Waals surface area contributed by atoms with Crippen LogP contribution >= 0.6 is 0 Å². The number of hydrogen-bond acceptors (Lipinski definition) is 3. The van der Waals surface area contributed by atoms with Gasteiger partial charge in [-0.15, -0.1) is 0 Å². The van der Waals surface area contributed by atoms with Crippen LogP contribution in [0.2, 0.25) is 0 Å². The molecule has 0 radical (unpaired) electrons. The average molecular weight is 276 g/mol. The average Bonchev–Trinajstić information content (AvgIpc) is 2.84. The van der Waals surface area contributed by atoms with Gasteiger partial charge in [-0.3, -0.25) is 4.79 Å². The topological polar surface area (TPSA) is 78.4 Å². The van der Waals surface area contributed by atoms with Crippen LogP contribution in [-0.4, -0.2) is 29.6 Å². The molecule has 108 valence electrons. The van der Waals surface area contributed by atoms with E-state index in [4.69, 9.17) is 5.11 Å². The van der Waals surface area contributed by atoms with Crippen molar-refractivity contribution in [2.24, 2.45) is 5.92 Å². The molecule has 1 heterocycles. The number of carboxylic acid groups (broad SMARTS) is 1. The van der Waals surface area contributed by atoms with Crippen LogP contribution in [0.25, 0.3) is 0 Å². The van der Waals surface area contributed by atoms with Crippen molar-refractivity contribution in [2.75, 3.05) is 11.9 Å². The number of aliphatic carboxylic acids is 1. The first-order chi connectivity index (χ1) is 9.47. The van der Waals surface area contributed by atoms with Gasteiger partial charge in [0.1, 0.15) is 6.04 Å². The molecule has 0 fully saturated rings. The van der Waals surface area contributed by atoms with Gasteiger partial charge in [0.15, 0.2) is 0 Å². The lowest BCUT2D eigenvalue weighted by Gasteiger charge is -2.16. The molecule has 0 unspecified atom stereocenters. The number of benzene rings is 1. The molecule has 5 heteroatoms. The molecule has 1 aromatic rings. The number of hydrogen-bond donors (Lipinski definition) is 3. The minimum absolute atomic E-state index is 0.207. The first-order valence-corrected chi connectivity index (χ1v) is 6.88. The smallest absolute Gasteiger partial charge is 0.326 e. The Morgan fingerprint density at radius 1 is 1.40 bits per heavy atom. The molecule has 0 saturated carbocycles. The third-order valence-corrected chi connectivity index (χ3v) is 3.39. The number of carboxylic acids is 1. The van der Waals surface area contributed by atoms with Crippen molar-refractivity contribution < 1.29 is 14.7 Å². The van der Waals surface area contributed by atoms with Crippen LogP contribution in [0, 0.1) is 5.92 Å². The Labute approximate surface area is 118 Å². The van der Waals surface area contributed by atoms with E-state index in [9.17, 15) is 9.59 Å². The van der Waals surface area contributed by atoms with Crippen molar-refractivity contribution in [1.82, 2.24) is 5.32 Å². The summed E-state index contributed by atoms with van der Waals surface area (Å²) < 4.78 is 0. The molecule has 3 N–H and O–H groups in total.